The molecule has 1 aliphatic rings. The maximum Gasteiger partial charge on any atom is 0.137 e. The van der Waals surface area contributed by atoms with Crippen LogP contribution in [0.4, 0.5) is 17.1 Å². The van der Waals surface area contributed by atoms with Gasteiger partial charge in [-0.1, -0.05) is 188 Å². The van der Waals surface area contributed by atoms with Crippen molar-refractivity contribution in [1.29, 1.82) is 0 Å². The van der Waals surface area contributed by atoms with Gasteiger partial charge in [0.1, 0.15) is 11.2 Å². The van der Waals surface area contributed by atoms with E-state index >= 15 is 0 Å². The summed E-state index contributed by atoms with van der Waals surface area (Å²) in [6.07, 6.45) is 0. The maximum atomic E-state index is 6.62. The molecule has 12 rings (SSSR count). The number of anilines is 3. The first-order valence-electron chi connectivity index (χ1n) is 20.3. The summed E-state index contributed by atoms with van der Waals surface area (Å²) >= 11 is 0. The van der Waals surface area contributed by atoms with Gasteiger partial charge in [-0.3, -0.25) is 0 Å². The minimum absolute atomic E-state index is 0.624. The molecule has 1 aliphatic carbocycles. The highest BCUT2D eigenvalue weighted by molar-refractivity contribution is 6.16. The predicted octanol–water partition coefficient (Wildman–Crippen LogP) is 15.4. The second kappa shape index (κ2) is 13.2. The van der Waals surface area contributed by atoms with Crippen LogP contribution in [0.15, 0.2) is 229 Å². The Morgan fingerprint density at radius 2 is 0.949 bits per heavy atom. The molecule has 0 aliphatic heterocycles. The Morgan fingerprint density at radius 1 is 0.356 bits per heavy atom. The summed E-state index contributed by atoms with van der Waals surface area (Å²) in [4.78, 5) is 2.52. The molecule has 1 aromatic heterocycles. The van der Waals surface area contributed by atoms with Gasteiger partial charge in [-0.25, -0.2) is 0 Å². The third kappa shape index (κ3) is 4.93. The molecule has 0 amide bonds. The zero-order valence-electron chi connectivity index (χ0n) is 32.2. The van der Waals surface area contributed by atoms with Crippen molar-refractivity contribution >= 4 is 60.5 Å². The third-order valence-corrected chi connectivity index (χ3v) is 12.5. The van der Waals surface area contributed by atoms with Crippen LogP contribution < -0.4 is 4.90 Å². The molecule has 0 saturated carbocycles. The van der Waals surface area contributed by atoms with Crippen LogP contribution in [-0.2, 0) is 5.41 Å². The Kier molecular flexibility index (Phi) is 7.48. The van der Waals surface area contributed by atoms with E-state index in [1.807, 2.05) is 0 Å². The normalized spacial score (nSPS) is 12.9. The number of hydrogen-bond acceptors (Lipinski definition) is 2. The fourth-order valence-electron chi connectivity index (χ4n) is 10.1. The lowest BCUT2D eigenvalue weighted by atomic mass is 9.67. The Morgan fingerprint density at radius 3 is 1.73 bits per heavy atom. The van der Waals surface area contributed by atoms with Crippen LogP contribution in [0.2, 0.25) is 0 Å². The summed E-state index contributed by atoms with van der Waals surface area (Å²) in [5.41, 5.74) is 14.2. The Bertz CT molecular complexity index is 3350. The minimum atomic E-state index is -0.624. The lowest BCUT2D eigenvalue weighted by molar-refractivity contribution is 0.669. The highest BCUT2D eigenvalue weighted by Gasteiger charge is 2.47. The molecule has 0 atom stereocenters. The molecule has 0 unspecified atom stereocenters. The van der Waals surface area contributed by atoms with Gasteiger partial charge in [-0.15, -0.1) is 0 Å². The number of hydrogen-bond donors (Lipinski definition) is 0. The molecule has 0 N–H and O–H groups in total. The second-order valence-corrected chi connectivity index (χ2v) is 15.5. The summed E-state index contributed by atoms with van der Waals surface area (Å²) < 4.78 is 6.62. The number of furan rings is 1. The molecule has 0 spiro atoms. The SMILES string of the molecule is c1ccc(-c2cc(N(c3ccccc3C3(c4ccccc4)c4ccccc4-c4ccccc43)c3cccc4oc5ccccc5c34)cc3c2ccc2ccccc23)cc1. The second-order valence-electron chi connectivity index (χ2n) is 15.5. The van der Waals surface area contributed by atoms with Gasteiger partial charge in [0.2, 0.25) is 0 Å². The standard InChI is InChI=1S/C57H37NO/c1-3-18-38(19-4-1)47-36-41(37-48-42-23-8-7-20-39(42)34-35-43(47)48)58(53-31-17-33-55-56(53)46-26-11-16-32-54(46)59-55)52-30-15-14-29-51(52)57(40-21-5-2-6-22-40)49-27-12-9-24-44(49)45-25-10-13-28-50(45)57/h1-37H. The lowest BCUT2D eigenvalue weighted by Crippen LogP contribution is -2.30. The van der Waals surface area contributed by atoms with Crippen LogP contribution in [-0.4, -0.2) is 0 Å². The lowest BCUT2D eigenvalue weighted by Gasteiger charge is -2.38. The number of nitrogens with zero attached hydrogens (tertiary/aromatic N) is 1. The number of fused-ring (bicyclic) bond motifs is 9. The average Bonchev–Trinajstić information content (AvgIpc) is 3.84. The van der Waals surface area contributed by atoms with Crippen LogP contribution in [0, 0.1) is 0 Å². The first kappa shape index (κ1) is 33.5. The predicted molar refractivity (Wildman–Crippen MR) is 246 cm³/mol. The van der Waals surface area contributed by atoms with Gasteiger partial charge < -0.3 is 9.32 Å². The Balaban J connectivity index is 1.26. The summed E-state index contributed by atoms with van der Waals surface area (Å²) in [6, 6.07) is 82.0. The van der Waals surface area contributed by atoms with Crippen molar-refractivity contribution in [3.05, 3.63) is 247 Å². The van der Waals surface area contributed by atoms with E-state index in [1.54, 1.807) is 0 Å². The van der Waals surface area contributed by atoms with Crippen molar-refractivity contribution in [2.45, 2.75) is 5.41 Å². The molecule has 11 aromatic rings. The van der Waals surface area contributed by atoms with Gasteiger partial charge in [-0.05, 0) is 102 Å². The van der Waals surface area contributed by atoms with E-state index in [0.717, 1.165) is 39.0 Å². The maximum absolute atomic E-state index is 6.62. The summed E-state index contributed by atoms with van der Waals surface area (Å²) in [5, 5.41) is 7.04. The Labute approximate surface area is 342 Å². The zero-order chi connectivity index (χ0) is 38.9. The van der Waals surface area contributed by atoms with E-state index in [9.17, 15) is 0 Å². The fourth-order valence-corrected chi connectivity index (χ4v) is 10.1. The molecule has 10 aromatic carbocycles. The van der Waals surface area contributed by atoms with E-state index in [2.05, 4.69) is 229 Å². The van der Waals surface area contributed by atoms with Crippen molar-refractivity contribution in [1.82, 2.24) is 0 Å². The molecule has 0 saturated heterocycles. The van der Waals surface area contributed by atoms with Crippen LogP contribution in [0.3, 0.4) is 0 Å². The van der Waals surface area contributed by atoms with Crippen molar-refractivity contribution in [2.75, 3.05) is 4.90 Å². The van der Waals surface area contributed by atoms with Crippen molar-refractivity contribution in [3.8, 4) is 22.3 Å². The van der Waals surface area contributed by atoms with E-state index in [-0.39, 0.29) is 0 Å². The summed E-state index contributed by atoms with van der Waals surface area (Å²) in [7, 11) is 0. The van der Waals surface area contributed by atoms with Crippen molar-refractivity contribution in [3.63, 3.8) is 0 Å². The average molecular weight is 752 g/mol. The molecule has 0 bridgehead atoms. The van der Waals surface area contributed by atoms with Crippen LogP contribution in [0.5, 0.6) is 0 Å². The zero-order valence-corrected chi connectivity index (χ0v) is 32.2. The van der Waals surface area contributed by atoms with E-state index in [0.29, 0.717) is 0 Å². The highest BCUT2D eigenvalue weighted by atomic mass is 16.3. The molecular weight excluding hydrogens is 715 g/mol. The van der Waals surface area contributed by atoms with E-state index < -0.39 is 5.41 Å². The highest BCUT2D eigenvalue weighted by Crippen LogP contribution is 2.59. The monoisotopic (exact) mass is 751 g/mol. The smallest absolute Gasteiger partial charge is 0.137 e. The third-order valence-electron chi connectivity index (χ3n) is 12.5. The van der Waals surface area contributed by atoms with Gasteiger partial charge in [0, 0.05) is 11.1 Å². The first-order valence-corrected chi connectivity index (χ1v) is 20.3. The van der Waals surface area contributed by atoms with Gasteiger partial charge >= 0.3 is 0 Å². The number of benzene rings is 10. The van der Waals surface area contributed by atoms with E-state index in [1.165, 1.54) is 66.1 Å². The molecule has 0 radical (unpaired) electrons. The summed E-state index contributed by atoms with van der Waals surface area (Å²) in [6.45, 7) is 0. The van der Waals surface area contributed by atoms with Gasteiger partial charge in [0.15, 0.2) is 0 Å². The van der Waals surface area contributed by atoms with Crippen molar-refractivity contribution < 1.29 is 4.42 Å². The van der Waals surface area contributed by atoms with Gasteiger partial charge in [0.05, 0.1) is 22.2 Å². The molecule has 2 nitrogen and oxygen atoms in total. The first-order chi connectivity index (χ1) is 29.3. The largest absolute Gasteiger partial charge is 0.456 e. The number of para-hydroxylation sites is 2. The van der Waals surface area contributed by atoms with Crippen LogP contribution in [0.1, 0.15) is 22.3 Å². The molecule has 2 heteroatoms. The quantitative estimate of drug-likeness (QED) is 0.157. The Hall–Kier alpha value is -7.68. The molecule has 0 fully saturated rings. The van der Waals surface area contributed by atoms with Crippen LogP contribution >= 0.6 is 0 Å². The topological polar surface area (TPSA) is 16.4 Å². The molecule has 59 heavy (non-hydrogen) atoms. The van der Waals surface area contributed by atoms with E-state index in [4.69, 9.17) is 4.42 Å². The van der Waals surface area contributed by atoms with Crippen molar-refractivity contribution in [2.24, 2.45) is 0 Å². The minimum Gasteiger partial charge on any atom is -0.456 e. The van der Waals surface area contributed by atoms with Gasteiger partial charge in [-0.2, -0.15) is 0 Å². The molecule has 276 valence electrons. The number of rotatable bonds is 6. The summed E-state index contributed by atoms with van der Waals surface area (Å²) in [5.74, 6) is 0. The van der Waals surface area contributed by atoms with Gasteiger partial charge in [0.25, 0.3) is 0 Å². The van der Waals surface area contributed by atoms with Crippen LogP contribution in [0.25, 0.3) is 65.7 Å². The molecule has 1 heterocycles. The molecular formula is C57H37NO. The fraction of sp³-hybridized carbons (Fsp3) is 0.0175.